The number of hydrogen-bond donors (Lipinski definition) is 9. The molecule has 0 aliphatic heterocycles. The monoisotopic (exact) mass is 636 g/mol. The first-order valence-corrected chi connectivity index (χ1v) is 14.7. The molecular weight excluding hydrogens is 596 g/mol. The van der Waals surface area contributed by atoms with Crippen LogP contribution in [0.2, 0.25) is 0 Å². The third kappa shape index (κ3) is 10.9. The van der Waals surface area contributed by atoms with Gasteiger partial charge in [0.2, 0.25) is 17.7 Å². The normalized spacial score (nSPS) is 13.5. The van der Waals surface area contributed by atoms with Crippen molar-refractivity contribution >= 4 is 46.5 Å². The van der Waals surface area contributed by atoms with Crippen LogP contribution in [0, 0.1) is 0 Å². The maximum atomic E-state index is 13.6. The van der Waals surface area contributed by atoms with Crippen LogP contribution in [0.1, 0.15) is 36.8 Å². The van der Waals surface area contributed by atoms with E-state index < -0.39 is 60.2 Å². The van der Waals surface area contributed by atoms with Gasteiger partial charge < -0.3 is 48.3 Å². The number of carbonyl (C=O) groups is 5. The van der Waals surface area contributed by atoms with Gasteiger partial charge in [-0.25, -0.2) is 4.79 Å². The molecule has 0 aliphatic carbocycles. The molecule has 15 heteroatoms. The van der Waals surface area contributed by atoms with Gasteiger partial charge in [-0.05, 0) is 42.9 Å². The minimum absolute atomic E-state index is 0.0293. The van der Waals surface area contributed by atoms with Gasteiger partial charge in [-0.3, -0.25) is 24.2 Å². The summed E-state index contributed by atoms with van der Waals surface area (Å²) in [5, 5.41) is 27.3. The van der Waals surface area contributed by atoms with Crippen LogP contribution in [0.15, 0.2) is 65.8 Å². The lowest BCUT2D eigenvalue weighted by Crippen LogP contribution is -2.57. The van der Waals surface area contributed by atoms with Gasteiger partial charge in [-0.15, -0.1) is 0 Å². The number of fused-ring (bicyclic) bond motifs is 1. The molecule has 12 N–H and O–H groups in total. The number of nitrogens with one attached hydrogen (secondary N) is 4. The second kappa shape index (κ2) is 17.2. The number of aromatic amines is 1. The number of benzene rings is 2. The van der Waals surface area contributed by atoms with E-state index in [0.717, 1.165) is 16.5 Å². The Labute approximate surface area is 265 Å². The number of H-pyrrole nitrogens is 1. The quantitative estimate of drug-likeness (QED) is 0.0501. The summed E-state index contributed by atoms with van der Waals surface area (Å²) in [4.78, 5) is 70.1. The van der Waals surface area contributed by atoms with Crippen LogP contribution in [-0.4, -0.2) is 81.5 Å². The van der Waals surface area contributed by atoms with Gasteiger partial charge in [-0.1, -0.05) is 48.5 Å². The molecule has 3 rings (SSSR count). The van der Waals surface area contributed by atoms with E-state index in [1.165, 1.54) is 0 Å². The molecule has 0 bridgehead atoms. The lowest BCUT2D eigenvalue weighted by Gasteiger charge is -2.25. The molecule has 1 heterocycles. The smallest absolute Gasteiger partial charge is 0.326 e. The second-order valence-electron chi connectivity index (χ2n) is 10.8. The third-order valence-electron chi connectivity index (χ3n) is 7.21. The molecule has 15 nitrogen and oxygen atoms in total. The van der Waals surface area contributed by atoms with E-state index in [9.17, 15) is 34.2 Å². The zero-order valence-corrected chi connectivity index (χ0v) is 25.1. The number of carboxylic acids is 2. The van der Waals surface area contributed by atoms with Gasteiger partial charge in [0.1, 0.15) is 18.1 Å². The number of rotatable bonds is 18. The van der Waals surface area contributed by atoms with E-state index in [4.69, 9.17) is 17.2 Å². The fraction of sp³-hybridized carbons (Fsp3) is 0.355. The maximum absolute atomic E-state index is 13.6. The van der Waals surface area contributed by atoms with E-state index in [1.54, 1.807) is 36.5 Å². The van der Waals surface area contributed by atoms with Crippen molar-refractivity contribution in [2.75, 3.05) is 6.54 Å². The van der Waals surface area contributed by atoms with Crippen molar-refractivity contribution in [1.82, 2.24) is 20.9 Å². The van der Waals surface area contributed by atoms with Crippen LogP contribution in [0.25, 0.3) is 10.9 Å². The number of aliphatic carboxylic acids is 2. The molecule has 246 valence electrons. The number of para-hydroxylation sites is 1. The van der Waals surface area contributed by atoms with Crippen molar-refractivity contribution in [2.24, 2.45) is 22.2 Å². The van der Waals surface area contributed by atoms with Crippen molar-refractivity contribution in [3.05, 3.63) is 71.9 Å². The van der Waals surface area contributed by atoms with E-state index in [1.807, 2.05) is 24.3 Å². The van der Waals surface area contributed by atoms with Crippen molar-refractivity contribution < 1.29 is 34.2 Å². The van der Waals surface area contributed by atoms with Crippen LogP contribution in [0.3, 0.4) is 0 Å². The van der Waals surface area contributed by atoms with Crippen LogP contribution >= 0.6 is 0 Å². The van der Waals surface area contributed by atoms with Crippen molar-refractivity contribution in [2.45, 2.75) is 62.7 Å². The van der Waals surface area contributed by atoms with Gasteiger partial charge in [0.25, 0.3) is 0 Å². The lowest BCUT2D eigenvalue weighted by atomic mass is 10.0. The second-order valence-corrected chi connectivity index (χ2v) is 10.8. The highest BCUT2D eigenvalue weighted by Crippen LogP contribution is 2.19. The standard InChI is InChI=1S/C31H40N8O7/c32-21(16-19-17-36-22-10-5-4-9-20(19)22)27(42)39-25(15-18-7-2-1-3-8-18)29(44)37-23(12-13-26(40)41)28(43)38-24(30(45)46)11-6-14-35-31(33)34/h1-5,7-10,17,21,23-25,36H,6,11-16,32H2,(H,37,44)(H,38,43)(H,39,42)(H,40,41)(H,45,46)(H4,33,34,35). The summed E-state index contributed by atoms with van der Waals surface area (Å²) in [6.45, 7) is 0.129. The zero-order chi connectivity index (χ0) is 33.6. The fourth-order valence-corrected chi connectivity index (χ4v) is 4.81. The Morgan fingerprint density at radius 1 is 0.783 bits per heavy atom. The molecule has 4 atom stereocenters. The fourth-order valence-electron chi connectivity index (χ4n) is 4.81. The first kappa shape index (κ1) is 35.0. The van der Waals surface area contributed by atoms with E-state index in [2.05, 4.69) is 25.9 Å². The molecule has 0 spiro atoms. The largest absolute Gasteiger partial charge is 0.481 e. The van der Waals surface area contributed by atoms with Gasteiger partial charge in [0.05, 0.1) is 6.04 Å². The maximum Gasteiger partial charge on any atom is 0.326 e. The van der Waals surface area contributed by atoms with Crippen molar-refractivity contribution in [3.63, 3.8) is 0 Å². The van der Waals surface area contributed by atoms with Crippen molar-refractivity contribution in [1.29, 1.82) is 0 Å². The summed E-state index contributed by atoms with van der Waals surface area (Å²) in [6.07, 6.45) is 1.35. The summed E-state index contributed by atoms with van der Waals surface area (Å²) in [5.41, 5.74) is 19.2. The van der Waals surface area contributed by atoms with E-state index in [0.29, 0.717) is 5.56 Å². The Balaban J connectivity index is 1.76. The minimum Gasteiger partial charge on any atom is -0.481 e. The summed E-state index contributed by atoms with van der Waals surface area (Å²) < 4.78 is 0. The number of hydrogen-bond acceptors (Lipinski definition) is 7. The molecule has 2 aromatic carbocycles. The number of nitrogens with zero attached hydrogens (tertiary/aromatic N) is 1. The number of aliphatic imine (C=N–C) groups is 1. The number of guanidine groups is 1. The molecular formula is C31H40N8O7. The molecule has 0 aliphatic rings. The molecule has 3 aromatic rings. The zero-order valence-electron chi connectivity index (χ0n) is 25.1. The van der Waals surface area contributed by atoms with Crippen LogP contribution in [0.4, 0.5) is 0 Å². The Morgan fingerprint density at radius 3 is 2.09 bits per heavy atom. The van der Waals surface area contributed by atoms with Gasteiger partial charge in [-0.2, -0.15) is 0 Å². The van der Waals surface area contributed by atoms with Crippen molar-refractivity contribution in [3.8, 4) is 0 Å². The Hall–Kier alpha value is -5.44. The molecule has 46 heavy (non-hydrogen) atoms. The summed E-state index contributed by atoms with van der Waals surface area (Å²) in [7, 11) is 0. The number of nitrogens with two attached hydrogens (primary N) is 3. The first-order valence-electron chi connectivity index (χ1n) is 14.7. The Bertz CT molecular complexity index is 1540. The van der Waals surface area contributed by atoms with Crippen LogP contribution in [-0.2, 0) is 36.8 Å². The average Bonchev–Trinajstić information content (AvgIpc) is 3.42. The predicted molar refractivity (Wildman–Crippen MR) is 170 cm³/mol. The summed E-state index contributed by atoms with van der Waals surface area (Å²) in [5.74, 6) is -5.01. The highest BCUT2D eigenvalue weighted by Gasteiger charge is 2.31. The SMILES string of the molecule is NC(N)=NCCCC(NC(=O)C(CCC(=O)O)NC(=O)C(Cc1ccccc1)NC(=O)C(N)Cc1c[nH]c2ccccc12)C(=O)O. The number of aromatic nitrogens is 1. The summed E-state index contributed by atoms with van der Waals surface area (Å²) >= 11 is 0. The predicted octanol–water partition coefficient (Wildman–Crippen LogP) is -0.262. The topological polar surface area (TPSA) is 268 Å². The lowest BCUT2D eigenvalue weighted by molar-refractivity contribution is -0.143. The highest BCUT2D eigenvalue weighted by atomic mass is 16.4. The molecule has 4 unspecified atom stereocenters. The third-order valence-corrected chi connectivity index (χ3v) is 7.21. The Kier molecular flexibility index (Phi) is 13.1. The molecule has 0 fully saturated rings. The average molecular weight is 637 g/mol. The molecule has 3 amide bonds. The van der Waals surface area contributed by atoms with Gasteiger partial charge >= 0.3 is 11.9 Å². The van der Waals surface area contributed by atoms with Gasteiger partial charge in [0.15, 0.2) is 5.96 Å². The van der Waals surface area contributed by atoms with Gasteiger partial charge in [0, 0.05) is 36.5 Å². The minimum atomic E-state index is -1.42. The van der Waals surface area contributed by atoms with E-state index in [-0.39, 0.29) is 44.6 Å². The van der Waals surface area contributed by atoms with Crippen LogP contribution in [0.5, 0.6) is 0 Å². The van der Waals surface area contributed by atoms with Crippen LogP contribution < -0.4 is 33.2 Å². The number of carboxylic acid groups (broad SMARTS) is 2. The molecule has 1 aromatic heterocycles. The first-order chi connectivity index (χ1) is 21.9. The summed E-state index contributed by atoms with van der Waals surface area (Å²) in [6, 6.07) is 11.4. The highest BCUT2D eigenvalue weighted by molar-refractivity contribution is 5.94. The molecule has 0 saturated heterocycles. The molecule has 0 radical (unpaired) electrons. The Morgan fingerprint density at radius 2 is 1.41 bits per heavy atom. The van der Waals surface area contributed by atoms with E-state index >= 15 is 0 Å². The number of amides is 3. The molecule has 0 saturated carbocycles. The number of carbonyl (C=O) groups excluding carboxylic acids is 3.